The van der Waals surface area contributed by atoms with Gasteiger partial charge in [-0.05, 0) is 48.9 Å². The SMILES string of the molecule is O=S(=O)(c1ccc2c(c1)CCCC2)N1CCN(c2cc(-c3ccccc3)ncn2)CC1. The molecule has 160 valence electrons. The third-order valence-electron chi connectivity index (χ3n) is 6.24. The van der Waals surface area contributed by atoms with Gasteiger partial charge in [-0.25, -0.2) is 18.4 Å². The molecule has 2 aromatic carbocycles. The largest absolute Gasteiger partial charge is 0.354 e. The highest BCUT2D eigenvalue weighted by Crippen LogP contribution is 2.27. The van der Waals surface area contributed by atoms with Crippen molar-refractivity contribution in [1.29, 1.82) is 0 Å². The molecule has 1 aromatic heterocycles. The van der Waals surface area contributed by atoms with Gasteiger partial charge in [0.25, 0.3) is 0 Å². The van der Waals surface area contributed by atoms with Crippen LogP contribution in [-0.4, -0.2) is 48.9 Å². The molecule has 3 aromatic rings. The van der Waals surface area contributed by atoms with Crippen LogP contribution in [0.3, 0.4) is 0 Å². The van der Waals surface area contributed by atoms with Crippen molar-refractivity contribution in [2.45, 2.75) is 30.6 Å². The quantitative estimate of drug-likeness (QED) is 0.628. The Bertz CT molecular complexity index is 1170. The van der Waals surface area contributed by atoms with Crippen LogP contribution < -0.4 is 4.90 Å². The van der Waals surface area contributed by atoms with Crippen molar-refractivity contribution in [1.82, 2.24) is 14.3 Å². The molecule has 0 amide bonds. The van der Waals surface area contributed by atoms with E-state index in [0.717, 1.165) is 36.3 Å². The maximum absolute atomic E-state index is 13.2. The van der Waals surface area contributed by atoms with E-state index in [4.69, 9.17) is 0 Å². The van der Waals surface area contributed by atoms with Crippen molar-refractivity contribution < 1.29 is 8.42 Å². The van der Waals surface area contributed by atoms with Crippen LogP contribution in [0.4, 0.5) is 5.82 Å². The van der Waals surface area contributed by atoms with Crippen LogP contribution >= 0.6 is 0 Å². The smallest absolute Gasteiger partial charge is 0.243 e. The van der Waals surface area contributed by atoms with Crippen LogP contribution in [0.5, 0.6) is 0 Å². The van der Waals surface area contributed by atoms with Gasteiger partial charge in [0.15, 0.2) is 0 Å². The van der Waals surface area contributed by atoms with Crippen LogP contribution in [0.1, 0.15) is 24.0 Å². The first kappa shape index (κ1) is 20.2. The Hall–Kier alpha value is -2.77. The molecule has 6 nitrogen and oxygen atoms in total. The second kappa shape index (κ2) is 8.40. The van der Waals surface area contributed by atoms with E-state index >= 15 is 0 Å². The molecule has 31 heavy (non-hydrogen) atoms. The summed E-state index contributed by atoms with van der Waals surface area (Å²) < 4.78 is 28.1. The van der Waals surface area contributed by atoms with E-state index in [1.54, 1.807) is 16.7 Å². The fourth-order valence-electron chi connectivity index (χ4n) is 4.46. The van der Waals surface area contributed by atoms with Gasteiger partial charge in [0.1, 0.15) is 12.1 Å². The zero-order valence-electron chi connectivity index (χ0n) is 17.4. The molecule has 0 N–H and O–H groups in total. The molecule has 2 aliphatic rings. The minimum Gasteiger partial charge on any atom is -0.354 e. The van der Waals surface area contributed by atoms with Gasteiger partial charge >= 0.3 is 0 Å². The van der Waals surface area contributed by atoms with Crippen LogP contribution in [-0.2, 0) is 22.9 Å². The predicted octanol–water partition coefficient (Wildman–Crippen LogP) is 3.53. The normalized spacial score (nSPS) is 17.4. The Balaban J connectivity index is 1.30. The van der Waals surface area contributed by atoms with E-state index in [-0.39, 0.29) is 0 Å². The average Bonchev–Trinajstić information content (AvgIpc) is 2.84. The summed E-state index contributed by atoms with van der Waals surface area (Å²) in [6, 6.07) is 17.7. The van der Waals surface area contributed by atoms with Gasteiger partial charge in [0.2, 0.25) is 10.0 Å². The van der Waals surface area contributed by atoms with E-state index in [2.05, 4.69) is 14.9 Å². The maximum atomic E-state index is 13.2. The lowest BCUT2D eigenvalue weighted by Gasteiger charge is -2.34. The summed E-state index contributed by atoms with van der Waals surface area (Å²) in [7, 11) is -3.48. The number of sulfonamides is 1. The number of anilines is 1. The Labute approximate surface area is 183 Å². The van der Waals surface area contributed by atoms with Gasteiger partial charge in [0.05, 0.1) is 10.6 Å². The molecule has 0 radical (unpaired) electrons. The number of aryl methyl sites for hydroxylation is 2. The number of hydrogen-bond donors (Lipinski definition) is 0. The lowest BCUT2D eigenvalue weighted by atomic mass is 9.92. The standard InChI is InChI=1S/C24H26N4O2S/c29-31(30,22-11-10-19-6-4-5-9-21(19)16-22)28-14-12-27(13-15-28)24-17-23(25-18-26-24)20-7-2-1-3-8-20/h1-3,7-8,10-11,16-18H,4-6,9,12-15H2. The highest BCUT2D eigenvalue weighted by atomic mass is 32.2. The predicted molar refractivity (Wildman–Crippen MR) is 122 cm³/mol. The summed E-state index contributed by atoms with van der Waals surface area (Å²) in [4.78, 5) is 11.4. The van der Waals surface area contributed by atoms with E-state index in [1.807, 2.05) is 48.5 Å². The van der Waals surface area contributed by atoms with Crippen molar-refractivity contribution in [3.8, 4) is 11.3 Å². The number of nitrogens with zero attached hydrogens (tertiary/aromatic N) is 4. The van der Waals surface area contributed by atoms with Crippen molar-refractivity contribution >= 4 is 15.8 Å². The van der Waals surface area contributed by atoms with Crippen LogP contribution in [0.25, 0.3) is 11.3 Å². The number of aromatic nitrogens is 2. The molecule has 1 fully saturated rings. The van der Waals surface area contributed by atoms with E-state index in [1.165, 1.54) is 17.5 Å². The highest BCUT2D eigenvalue weighted by Gasteiger charge is 2.29. The Morgan fingerprint density at radius 3 is 2.29 bits per heavy atom. The molecular formula is C24H26N4O2S. The molecular weight excluding hydrogens is 408 g/mol. The molecule has 2 heterocycles. The third kappa shape index (κ3) is 4.07. The summed E-state index contributed by atoms with van der Waals surface area (Å²) in [5.74, 6) is 0.833. The highest BCUT2D eigenvalue weighted by molar-refractivity contribution is 7.89. The van der Waals surface area contributed by atoms with Crippen molar-refractivity contribution in [2.75, 3.05) is 31.1 Å². The average molecular weight is 435 g/mol. The number of fused-ring (bicyclic) bond motifs is 1. The van der Waals surface area contributed by atoms with Gasteiger partial charge in [-0.15, -0.1) is 0 Å². The van der Waals surface area contributed by atoms with Crippen molar-refractivity contribution in [3.63, 3.8) is 0 Å². The molecule has 0 saturated carbocycles. The number of benzene rings is 2. The van der Waals surface area contributed by atoms with Crippen LogP contribution in [0.15, 0.2) is 65.8 Å². The van der Waals surface area contributed by atoms with Gasteiger partial charge in [-0.2, -0.15) is 4.31 Å². The summed E-state index contributed by atoms with van der Waals surface area (Å²) in [5, 5.41) is 0. The Kier molecular flexibility index (Phi) is 5.46. The first-order valence-corrected chi connectivity index (χ1v) is 12.3. The maximum Gasteiger partial charge on any atom is 0.243 e. The van der Waals surface area contributed by atoms with Crippen molar-refractivity contribution in [2.24, 2.45) is 0 Å². The molecule has 0 bridgehead atoms. The van der Waals surface area contributed by atoms with Gasteiger partial charge in [-0.3, -0.25) is 0 Å². The molecule has 0 spiro atoms. The summed E-state index contributed by atoms with van der Waals surface area (Å²) >= 11 is 0. The molecule has 1 aliphatic carbocycles. The molecule has 1 saturated heterocycles. The number of hydrogen-bond acceptors (Lipinski definition) is 5. The fourth-order valence-corrected chi connectivity index (χ4v) is 5.94. The zero-order chi connectivity index (χ0) is 21.3. The van der Waals surface area contributed by atoms with Crippen LogP contribution in [0, 0.1) is 0 Å². The molecule has 7 heteroatoms. The summed E-state index contributed by atoms with van der Waals surface area (Å²) in [6.07, 6.45) is 5.94. The number of rotatable bonds is 4. The molecule has 1 aliphatic heterocycles. The Morgan fingerprint density at radius 2 is 1.52 bits per heavy atom. The van der Waals surface area contributed by atoms with E-state index in [9.17, 15) is 8.42 Å². The molecule has 5 rings (SSSR count). The fraction of sp³-hybridized carbons (Fsp3) is 0.333. The van der Waals surface area contributed by atoms with Gasteiger partial charge < -0.3 is 4.90 Å². The summed E-state index contributed by atoms with van der Waals surface area (Å²) in [6.45, 7) is 2.11. The monoisotopic (exact) mass is 434 g/mol. The lowest BCUT2D eigenvalue weighted by molar-refractivity contribution is 0.383. The van der Waals surface area contributed by atoms with Gasteiger partial charge in [-0.1, -0.05) is 36.4 Å². The molecule has 0 unspecified atom stereocenters. The molecule has 0 atom stereocenters. The van der Waals surface area contributed by atoms with E-state index in [0.29, 0.717) is 31.1 Å². The second-order valence-corrected chi connectivity index (χ2v) is 10.1. The first-order chi connectivity index (χ1) is 15.1. The van der Waals surface area contributed by atoms with Gasteiger partial charge in [0, 0.05) is 37.8 Å². The number of piperazine rings is 1. The first-order valence-electron chi connectivity index (χ1n) is 10.9. The Morgan fingerprint density at radius 1 is 0.774 bits per heavy atom. The zero-order valence-corrected chi connectivity index (χ0v) is 18.3. The summed E-state index contributed by atoms with van der Waals surface area (Å²) in [5.41, 5.74) is 4.41. The third-order valence-corrected chi connectivity index (χ3v) is 8.14. The lowest BCUT2D eigenvalue weighted by Crippen LogP contribution is -2.49. The second-order valence-electron chi connectivity index (χ2n) is 8.16. The van der Waals surface area contributed by atoms with Crippen molar-refractivity contribution in [3.05, 3.63) is 72.1 Å². The topological polar surface area (TPSA) is 66.4 Å². The minimum atomic E-state index is -3.48. The van der Waals surface area contributed by atoms with E-state index < -0.39 is 10.0 Å². The minimum absolute atomic E-state index is 0.426. The van der Waals surface area contributed by atoms with Crippen LogP contribution in [0.2, 0.25) is 0 Å².